The lowest BCUT2D eigenvalue weighted by atomic mass is 10.1. The lowest BCUT2D eigenvalue weighted by Crippen LogP contribution is -2.29. The fourth-order valence-corrected chi connectivity index (χ4v) is 5.82. The quantitative estimate of drug-likeness (QED) is 0.468. The zero-order valence-electron chi connectivity index (χ0n) is 14.1. The summed E-state index contributed by atoms with van der Waals surface area (Å²) in [5.41, 5.74) is 0.643. The van der Waals surface area contributed by atoms with Crippen molar-refractivity contribution in [1.29, 1.82) is 0 Å². The van der Waals surface area contributed by atoms with Gasteiger partial charge in [0.25, 0.3) is 0 Å². The topological polar surface area (TPSA) is 3.24 Å². The predicted octanol–water partition coefficient (Wildman–Crippen LogP) is 7.06. The third kappa shape index (κ3) is 3.58. The smallest absolute Gasteiger partial charge is 0.369 e. The molecule has 1 saturated heterocycles. The number of anilines is 1. The van der Waals surface area contributed by atoms with E-state index in [1.54, 1.807) is 35.2 Å². The minimum absolute atomic E-state index is 0.602. The first kappa shape index (κ1) is 17.7. The van der Waals surface area contributed by atoms with Crippen LogP contribution in [0.1, 0.15) is 24.8 Å². The molecule has 1 aromatic heterocycles. The van der Waals surface area contributed by atoms with Crippen molar-refractivity contribution in [2.45, 2.75) is 34.5 Å². The molecular weight excluding hydrogens is 375 g/mol. The lowest BCUT2D eigenvalue weighted by Gasteiger charge is -2.29. The predicted molar refractivity (Wildman–Crippen MR) is 103 cm³/mol. The Morgan fingerprint density at radius 3 is 2.27 bits per heavy atom. The normalized spacial score (nSPS) is 15.6. The molecule has 0 atom stereocenters. The number of benzene rings is 2. The van der Waals surface area contributed by atoms with E-state index in [1.807, 2.05) is 6.07 Å². The Balaban J connectivity index is 1.69. The first-order chi connectivity index (χ1) is 12.5. The van der Waals surface area contributed by atoms with E-state index < -0.39 is 11.7 Å². The molecule has 0 amide bonds. The number of alkyl halides is 3. The maximum atomic E-state index is 12.8. The van der Waals surface area contributed by atoms with Crippen molar-refractivity contribution in [2.75, 3.05) is 18.0 Å². The Morgan fingerprint density at radius 2 is 1.58 bits per heavy atom. The molecule has 1 fully saturated rings. The van der Waals surface area contributed by atoms with Gasteiger partial charge in [-0.15, -0.1) is 11.3 Å². The van der Waals surface area contributed by atoms with E-state index in [9.17, 15) is 13.2 Å². The van der Waals surface area contributed by atoms with Crippen molar-refractivity contribution in [3.8, 4) is 0 Å². The maximum absolute atomic E-state index is 12.8. The van der Waals surface area contributed by atoms with Crippen molar-refractivity contribution >= 4 is 38.9 Å². The zero-order valence-corrected chi connectivity index (χ0v) is 15.7. The molecule has 0 spiro atoms. The van der Waals surface area contributed by atoms with E-state index >= 15 is 0 Å². The minimum Gasteiger partial charge on any atom is -0.369 e. The molecule has 4 rings (SSSR count). The Labute approximate surface area is 158 Å². The number of piperidine rings is 1. The number of halogens is 3. The molecule has 1 nitrogen and oxygen atoms in total. The van der Waals surface area contributed by atoms with Gasteiger partial charge in [-0.1, -0.05) is 30.0 Å². The van der Waals surface area contributed by atoms with Crippen LogP contribution in [0, 0.1) is 0 Å². The van der Waals surface area contributed by atoms with Gasteiger partial charge in [0, 0.05) is 28.1 Å². The minimum atomic E-state index is -4.29. The maximum Gasteiger partial charge on any atom is 0.416 e. The van der Waals surface area contributed by atoms with Gasteiger partial charge in [-0.3, -0.25) is 0 Å². The van der Waals surface area contributed by atoms with Gasteiger partial charge in [-0.2, -0.15) is 13.2 Å². The average molecular weight is 393 g/mol. The summed E-state index contributed by atoms with van der Waals surface area (Å²) < 4.78 is 40.7. The molecular formula is C20H18F3NS2. The Bertz CT molecular complexity index is 894. The van der Waals surface area contributed by atoms with Crippen molar-refractivity contribution in [1.82, 2.24) is 0 Å². The first-order valence-corrected chi connectivity index (χ1v) is 10.3. The molecule has 3 aromatic rings. The van der Waals surface area contributed by atoms with Crippen LogP contribution in [0.25, 0.3) is 10.1 Å². The molecule has 2 heterocycles. The fourth-order valence-electron chi connectivity index (χ4n) is 3.31. The number of rotatable bonds is 3. The number of hydrogen-bond donors (Lipinski definition) is 0. The summed E-state index contributed by atoms with van der Waals surface area (Å²) >= 11 is 3.28. The molecule has 26 heavy (non-hydrogen) atoms. The zero-order chi connectivity index (χ0) is 18.1. The van der Waals surface area contributed by atoms with E-state index in [4.69, 9.17) is 0 Å². The second-order valence-electron chi connectivity index (χ2n) is 6.41. The summed E-state index contributed by atoms with van der Waals surface area (Å²) in [6.07, 6.45) is -0.650. The second-order valence-corrected chi connectivity index (χ2v) is 8.80. The number of fused-ring (bicyclic) bond motifs is 1. The van der Waals surface area contributed by atoms with Crippen LogP contribution in [0.3, 0.4) is 0 Å². The van der Waals surface area contributed by atoms with Crippen LogP contribution in [0.5, 0.6) is 0 Å². The third-order valence-corrected chi connectivity index (χ3v) is 6.94. The molecule has 136 valence electrons. The second kappa shape index (κ2) is 7.16. The molecule has 2 aromatic carbocycles. The largest absolute Gasteiger partial charge is 0.416 e. The van der Waals surface area contributed by atoms with E-state index in [-0.39, 0.29) is 0 Å². The fraction of sp³-hybridized carbons (Fsp3) is 0.300. The van der Waals surface area contributed by atoms with E-state index in [0.29, 0.717) is 0 Å². The van der Waals surface area contributed by atoms with Gasteiger partial charge in [0.05, 0.1) is 15.5 Å². The summed E-state index contributed by atoms with van der Waals surface area (Å²) in [6.45, 7) is 2.09. The Kier molecular flexibility index (Phi) is 4.88. The van der Waals surface area contributed by atoms with Gasteiger partial charge >= 0.3 is 6.18 Å². The lowest BCUT2D eigenvalue weighted by molar-refractivity contribution is -0.137. The Morgan fingerprint density at radius 1 is 0.885 bits per heavy atom. The third-order valence-electron chi connectivity index (χ3n) is 4.60. The number of hydrogen-bond acceptors (Lipinski definition) is 3. The summed E-state index contributed by atoms with van der Waals surface area (Å²) in [7, 11) is 0. The van der Waals surface area contributed by atoms with Crippen molar-refractivity contribution in [3.63, 3.8) is 0 Å². The van der Waals surface area contributed by atoms with Crippen LogP contribution in [-0.2, 0) is 6.18 Å². The van der Waals surface area contributed by atoms with Crippen LogP contribution in [0.15, 0.2) is 57.6 Å². The molecule has 1 aliphatic heterocycles. The number of nitrogens with zero attached hydrogens (tertiary/aromatic N) is 1. The molecule has 0 N–H and O–H groups in total. The number of thiophene rings is 1. The van der Waals surface area contributed by atoms with Gasteiger partial charge in [-0.05, 0) is 49.6 Å². The highest BCUT2D eigenvalue weighted by Gasteiger charge is 2.30. The van der Waals surface area contributed by atoms with E-state index in [1.165, 1.54) is 35.0 Å². The van der Waals surface area contributed by atoms with Crippen molar-refractivity contribution in [2.24, 2.45) is 0 Å². The average Bonchev–Trinajstić information content (AvgIpc) is 3.00. The van der Waals surface area contributed by atoms with Gasteiger partial charge in [0.2, 0.25) is 0 Å². The highest BCUT2D eigenvalue weighted by molar-refractivity contribution is 8.01. The molecule has 0 aliphatic carbocycles. The van der Waals surface area contributed by atoms with Gasteiger partial charge in [-0.25, -0.2) is 0 Å². The summed E-state index contributed by atoms with van der Waals surface area (Å²) in [4.78, 5) is 3.28. The van der Waals surface area contributed by atoms with Crippen molar-refractivity contribution in [3.05, 3.63) is 54.1 Å². The monoisotopic (exact) mass is 393 g/mol. The molecule has 6 heteroatoms. The van der Waals surface area contributed by atoms with E-state index in [2.05, 4.69) is 23.1 Å². The van der Waals surface area contributed by atoms with Gasteiger partial charge < -0.3 is 4.90 Å². The molecule has 0 radical (unpaired) electrons. The SMILES string of the molecule is FC(F)(F)c1ccc(Sc2sc3ccccc3c2N2CCCCC2)cc1. The van der Waals surface area contributed by atoms with E-state index in [0.717, 1.165) is 34.3 Å². The molecule has 0 unspecified atom stereocenters. The highest BCUT2D eigenvalue weighted by atomic mass is 32.2. The first-order valence-electron chi connectivity index (χ1n) is 8.64. The molecule has 0 bridgehead atoms. The Hall–Kier alpha value is -1.66. The molecule has 1 aliphatic rings. The summed E-state index contributed by atoms with van der Waals surface area (Å²) in [5.74, 6) is 0. The molecule has 0 saturated carbocycles. The van der Waals surface area contributed by atoms with Crippen LogP contribution in [-0.4, -0.2) is 13.1 Å². The summed E-state index contributed by atoms with van der Waals surface area (Å²) in [5, 5.41) is 1.24. The van der Waals surface area contributed by atoms with Crippen LogP contribution >= 0.6 is 23.1 Å². The van der Waals surface area contributed by atoms with Crippen LogP contribution in [0.4, 0.5) is 18.9 Å². The van der Waals surface area contributed by atoms with Crippen LogP contribution < -0.4 is 4.90 Å². The van der Waals surface area contributed by atoms with Crippen molar-refractivity contribution < 1.29 is 13.2 Å². The van der Waals surface area contributed by atoms with Gasteiger partial charge in [0.1, 0.15) is 0 Å². The van der Waals surface area contributed by atoms with Crippen LogP contribution in [0.2, 0.25) is 0 Å². The van der Waals surface area contributed by atoms with Gasteiger partial charge in [0.15, 0.2) is 0 Å². The summed E-state index contributed by atoms with van der Waals surface area (Å²) in [6, 6.07) is 13.8. The standard InChI is InChI=1S/C20H18F3NS2/c21-20(22,23)14-8-10-15(11-9-14)25-19-18(24-12-4-1-5-13-24)16-6-2-3-7-17(16)26-19/h2-3,6-11H,1,4-5,12-13H2. The highest BCUT2D eigenvalue weighted by Crippen LogP contribution is 2.47.